The Kier molecular flexibility index (Phi) is 6.97. The highest BCUT2D eigenvalue weighted by atomic mass is 16.5. The van der Waals surface area contributed by atoms with E-state index >= 15 is 0 Å². The Morgan fingerprint density at radius 1 is 1.03 bits per heavy atom. The van der Waals surface area contributed by atoms with Crippen LogP contribution in [-0.2, 0) is 19.5 Å². The first-order valence-corrected chi connectivity index (χ1v) is 11.0. The number of carbonyl (C=O) groups excluding carboxylic acids is 1. The highest BCUT2D eigenvalue weighted by Crippen LogP contribution is 2.20. The van der Waals surface area contributed by atoms with Gasteiger partial charge in [0.25, 0.3) is 5.91 Å². The molecule has 1 aliphatic heterocycles. The predicted molar refractivity (Wildman–Crippen MR) is 128 cm³/mol. The van der Waals surface area contributed by atoms with Crippen molar-refractivity contribution in [1.82, 2.24) is 10.3 Å². The van der Waals surface area contributed by atoms with Crippen LogP contribution in [0.15, 0.2) is 77.9 Å². The quantitative estimate of drug-likeness (QED) is 0.435. The van der Waals surface area contributed by atoms with Gasteiger partial charge in [-0.05, 0) is 78.9 Å². The summed E-state index contributed by atoms with van der Waals surface area (Å²) in [6.07, 6.45) is 2.85. The summed E-state index contributed by atoms with van der Waals surface area (Å²) in [4.78, 5) is 14.8. The van der Waals surface area contributed by atoms with Crippen LogP contribution < -0.4 is 10.2 Å². The summed E-state index contributed by atoms with van der Waals surface area (Å²) in [6.45, 7) is 6.88. The molecular weight excluding hydrogens is 398 g/mol. The smallest absolute Gasteiger partial charge is 0.271 e. The van der Waals surface area contributed by atoms with E-state index in [2.05, 4.69) is 39.7 Å². The lowest BCUT2D eigenvalue weighted by Crippen LogP contribution is -2.30. The number of ether oxygens (including phenoxy) is 1. The molecule has 3 aromatic carbocycles. The van der Waals surface area contributed by atoms with Crippen molar-refractivity contribution in [3.05, 3.63) is 101 Å². The number of fused-ring (bicyclic) bond motifs is 1. The van der Waals surface area contributed by atoms with Crippen molar-refractivity contribution in [2.45, 2.75) is 39.5 Å². The molecule has 0 atom stereocenters. The van der Waals surface area contributed by atoms with E-state index in [0.29, 0.717) is 5.56 Å². The van der Waals surface area contributed by atoms with Gasteiger partial charge in [0.05, 0.1) is 12.3 Å². The van der Waals surface area contributed by atoms with Crippen LogP contribution in [-0.4, -0.2) is 29.7 Å². The van der Waals surface area contributed by atoms with E-state index in [1.807, 2.05) is 62.4 Å². The second-order valence-electron chi connectivity index (χ2n) is 8.36. The van der Waals surface area contributed by atoms with Crippen LogP contribution in [0, 0.1) is 0 Å². The Hall–Kier alpha value is -3.44. The molecule has 164 valence electrons. The van der Waals surface area contributed by atoms with Crippen molar-refractivity contribution in [1.29, 1.82) is 0 Å². The molecule has 1 N–H and O–H groups in total. The number of hydrogen-bond donors (Lipinski definition) is 1. The Labute approximate surface area is 189 Å². The van der Waals surface area contributed by atoms with E-state index in [4.69, 9.17) is 4.74 Å². The van der Waals surface area contributed by atoms with Crippen LogP contribution in [0.5, 0.6) is 5.75 Å². The monoisotopic (exact) mass is 427 g/mol. The molecule has 0 bridgehead atoms. The lowest BCUT2D eigenvalue weighted by molar-refractivity contribution is 0.0955. The molecule has 0 unspecified atom stereocenters. The van der Waals surface area contributed by atoms with Crippen LogP contribution in [0.2, 0.25) is 0 Å². The largest absolute Gasteiger partial charge is 0.491 e. The molecular formula is C27H29N3O2. The van der Waals surface area contributed by atoms with E-state index in [-0.39, 0.29) is 12.0 Å². The third-order valence-electron chi connectivity index (χ3n) is 5.46. The van der Waals surface area contributed by atoms with Crippen LogP contribution in [0.25, 0.3) is 0 Å². The molecule has 5 nitrogen and oxygen atoms in total. The van der Waals surface area contributed by atoms with E-state index in [1.54, 1.807) is 6.21 Å². The summed E-state index contributed by atoms with van der Waals surface area (Å²) >= 11 is 0. The normalized spacial score (nSPS) is 13.8. The first-order valence-electron chi connectivity index (χ1n) is 11.0. The van der Waals surface area contributed by atoms with Crippen molar-refractivity contribution < 1.29 is 9.53 Å². The Morgan fingerprint density at radius 3 is 2.47 bits per heavy atom. The summed E-state index contributed by atoms with van der Waals surface area (Å²) in [5.41, 5.74) is 8.15. The fraction of sp³-hybridized carbons (Fsp3) is 0.259. The molecule has 0 radical (unpaired) electrons. The van der Waals surface area contributed by atoms with Gasteiger partial charge >= 0.3 is 0 Å². The second kappa shape index (κ2) is 10.2. The number of hydrazone groups is 1. The molecule has 0 fully saturated rings. The minimum absolute atomic E-state index is 0.136. The van der Waals surface area contributed by atoms with Gasteiger partial charge in [-0.3, -0.25) is 9.69 Å². The maximum Gasteiger partial charge on any atom is 0.271 e. The minimum Gasteiger partial charge on any atom is -0.491 e. The van der Waals surface area contributed by atoms with Gasteiger partial charge in [-0.1, -0.05) is 36.4 Å². The van der Waals surface area contributed by atoms with Crippen LogP contribution in [0.3, 0.4) is 0 Å². The van der Waals surface area contributed by atoms with E-state index in [1.165, 1.54) is 16.7 Å². The zero-order valence-electron chi connectivity index (χ0n) is 18.6. The third kappa shape index (κ3) is 5.83. The van der Waals surface area contributed by atoms with Gasteiger partial charge in [0.1, 0.15) is 5.75 Å². The number of benzene rings is 3. The zero-order valence-corrected chi connectivity index (χ0v) is 18.6. The number of nitrogens with zero attached hydrogens (tertiary/aromatic N) is 2. The molecule has 1 aliphatic rings. The lowest BCUT2D eigenvalue weighted by Gasteiger charge is -2.28. The highest BCUT2D eigenvalue weighted by molar-refractivity contribution is 5.94. The molecule has 3 aromatic rings. The number of hydrogen-bond acceptors (Lipinski definition) is 4. The minimum atomic E-state index is -0.223. The fourth-order valence-corrected chi connectivity index (χ4v) is 3.84. The summed E-state index contributed by atoms with van der Waals surface area (Å²) in [5.74, 6) is 0.592. The first kappa shape index (κ1) is 21.8. The maximum absolute atomic E-state index is 12.4. The number of rotatable bonds is 7. The van der Waals surface area contributed by atoms with Gasteiger partial charge in [-0.2, -0.15) is 5.10 Å². The summed E-state index contributed by atoms with van der Waals surface area (Å²) in [5, 5.41) is 4.07. The highest BCUT2D eigenvalue weighted by Gasteiger charge is 2.15. The molecule has 5 heteroatoms. The standard InChI is InChI=1S/C27H29N3O2/c1-20(2)32-26-13-9-21(10-14-26)17-28-29-27(31)24-11-7-22(8-12-24)18-30-16-15-23-5-3-4-6-25(23)19-30/h3-14,17,20H,15-16,18-19H2,1-2H3,(H,29,31)/b28-17-. The molecule has 0 aliphatic carbocycles. The van der Waals surface area contributed by atoms with Gasteiger partial charge in [0.2, 0.25) is 0 Å². The number of nitrogens with one attached hydrogen (secondary N) is 1. The summed E-state index contributed by atoms with van der Waals surface area (Å²) in [6, 6.07) is 24.0. The number of carbonyl (C=O) groups is 1. The molecule has 0 saturated heterocycles. The third-order valence-corrected chi connectivity index (χ3v) is 5.46. The Morgan fingerprint density at radius 2 is 1.75 bits per heavy atom. The number of amides is 1. The average molecular weight is 428 g/mol. The molecule has 32 heavy (non-hydrogen) atoms. The maximum atomic E-state index is 12.4. The summed E-state index contributed by atoms with van der Waals surface area (Å²) in [7, 11) is 0. The van der Waals surface area contributed by atoms with Crippen molar-refractivity contribution in [3.8, 4) is 5.75 Å². The van der Waals surface area contributed by atoms with Crippen molar-refractivity contribution in [2.75, 3.05) is 6.54 Å². The van der Waals surface area contributed by atoms with Crippen LogP contribution in [0.4, 0.5) is 0 Å². The summed E-state index contributed by atoms with van der Waals surface area (Å²) < 4.78 is 5.63. The Bertz CT molecular complexity index is 1070. The zero-order chi connectivity index (χ0) is 22.3. The molecule has 0 saturated carbocycles. The molecule has 1 heterocycles. The molecule has 4 rings (SSSR count). The van der Waals surface area contributed by atoms with E-state index in [0.717, 1.165) is 37.4 Å². The van der Waals surface area contributed by atoms with Crippen LogP contribution in [0.1, 0.15) is 46.5 Å². The topological polar surface area (TPSA) is 53.9 Å². The van der Waals surface area contributed by atoms with E-state index < -0.39 is 0 Å². The molecule has 0 spiro atoms. The van der Waals surface area contributed by atoms with Crippen LogP contribution >= 0.6 is 0 Å². The Balaban J connectivity index is 1.28. The van der Waals surface area contributed by atoms with Crippen molar-refractivity contribution in [2.24, 2.45) is 5.10 Å². The fourth-order valence-electron chi connectivity index (χ4n) is 3.84. The van der Waals surface area contributed by atoms with Gasteiger partial charge in [0, 0.05) is 25.2 Å². The van der Waals surface area contributed by atoms with E-state index in [9.17, 15) is 4.79 Å². The first-order chi connectivity index (χ1) is 15.6. The predicted octanol–water partition coefficient (Wildman–Crippen LogP) is 4.80. The van der Waals surface area contributed by atoms with Gasteiger partial charge in [0.15, 0.2) is 0 Å². The molecule has 1 amide bonds. The van der Waals surface area contributed by atoms with Crippen molar-refractivity contribution in [3.63, 3.8) is 0 Å². The lowest BCUT2D eigenvalue weighted by atomic mass is 9.99. The van der Waals surface area contributed by atoms with Gasteiger partial charge in [-0.25, -0.2) is 5.43 Å². The SMILES string of the molecule is CC(C)Oc1ccc(/C=N\NC(=O)c2ccc(CN3CCc4ccccc4C3)cc2)cc1. The second-order valence-corrected chi connectivity index (χ2v) is 8.36. The van der Waals surface area contributed by atoms with Crippen molar-refractivity contribution >= 4 is 12.1 Å². The van der Waals surface area contributed by atoms with Gasteiger partial charge in [-0.15, -0.1) is 0 Å². The average Bonchev–Trinajstić information content (AvgIpc) is 2.80. The van der Waals surface area contributed by atoms with Gasteiger partial charge < -0.3 is 4.74 Å². The molecule has 0 aromatic heterocycles.